The molecule has 0 aromatic heterocycles. The molecule has 1 fully saturated rings. The molecule has 3 aliphatic heterocycles. The molecule has 1 amide bonds. The van der Waals surface area contributed by atoms with Crippen molar-refractivity contribution < 1.29 is 23.9 Å². The molecule has 4 atom stereocenters. The first-order valence-corrected chi connectivity index (χ1v) is 14.2. The maximum Gasteiger partial charge on any atom is 0.238 e. The molecule has 7 heteroatoms. The van der Waals surface area contributed by atoms with E-state index in [1.807, 2.05) is 84.6 Å². The maximum absolute atomic E-state index is 15.2. The van der Waals surface area contributed by atoms with E-state index in [9.17, 15) is 9.59 Å². The highest BCUT2D eigenvalue weighted by Crippen LogP contribution is 2.58. The Morgan fingerprint density at radius 3 is 2.40 bits per heavy atom. The van der Waals surface area contributed by atoms with Crippen LogP contribution >= 0.6 is 0 Å². The largest absolute Gasteiger partial charge is 0.497 e. The number of hydrogen-bond donors (Lipinski definition) is 1. The highest BCUT2D eigenvalue weighted by Gasteiger charge is 2.70. The van der Waals surface area contributed by atoms with E-state index in [0.29, 0.717) is 28.3 Å². The van der Waals surface area contributed by atoms with E-state index < -0.39 is 23.4 Å². The number of carbonyl (C=O) groups excluding carboxylic acids is 3. The maximum atomic E-state index is 15.2. The average Bonchev–Trinajstić information content (AvgIpc) is 3.52. The van der Waals surface area contributed by atoms with E-state index in [0.717, 1.165) is 16.8 Å². The molecule has 43 heavy (non-hydrogen) atoms. The Balaban J connectivity index is 1.56. The smallest absolute Gasteiger partial charge is 0.238 e. The summed E-state index contributed by atoms with van der Waals surface area (Å²) in [7, 11) is 3.03. The fourth-order valence-electron chi connectivity index (χ4n) is 7.22. The molecule has 4 aromatic rings. The van der Waals surface area contributed by atoms with Gasteiger partial charge in [0.15, 0.2) is 11.6 Å². The fourth-order valence-corrected chi connectivity index (χ4v) is 7.22. The fraction of sp³-hybridized carbons (Fsp3) is 0.194. The summed E-state index contributed by atoms with van der Waals surface area (Å²) in [5.41, 5.74) is 3.38. The Labute approximate surface area is 249 Å². The van der Waals surface area contributed by atoms with Crippen LogP contribution in [0.15, 0.2) is 97.1 Å². The average molecular weight is 571 g/mol. The Hall–Kier alpha value is -5.17. The van der Waals surface area contributed by atoms with Crippen LogP contribution in [0.1, 0.15) is 37.4 Å². The first-order chi connectivity index (χ1) is 20.9. The lowest BCUT2D eigenvalue weighted by Crippen LogP contribution is -2.51. The normalized spacial score (nSPS) is 22.9. The zero-order valence-corrected chi connectivity index (χ0v) is 24.0. The molecule has 0 unspecified atom stereocenters. The number of Topliss-reactive ketones (excluding diaryl/α,β-unsaturated/α-hetero) is 2. The van der Waals surface area contributed by atoms with Crippen LogP contribution in [0, 0.1) is 12.8 Å². The number of rotatable bonds is 6. The van der Waals surface area contributed by atoms with Crippen LogP contribution in [-0.4, -0.2) is 43.8 Å². The van der Waals surface area contributed by atoms with Gasteiger partial charge in [-0.15, -0.1) is 0 Å². The van der Waals surface area contributed by atoms with Gasteiger partial charge in [-0.2, -0.15) is 0 Å². The number of fused-ring (bicyclic) bond motifs is 6. The first kappa shape index (κ1) is 26.7. The number of nitrogens with zero attached hydrogens (tertiary/aromatic N) is 1. The van der Waals surface area contributed by atoms with Gasteiger partial charge in [-0.3, -0.25) is 14.4 Å². The summed E-state index contributed by atoms with van der Waals surface area (Å²) in [6.07, 6.45) is 3.97. The molecule has 4 aromatic carbocycles. The van der Waals surface area contributed by atoms with Crippen molar-refractivity contribution in [3.63, 3.8) is 0 Å². The Kier molecular flexibility index (Phi) is 6.20. The van der Waals surface area contributed by atoms with Crippen molar-refractivity contribution in [1.82, 2.24) is 0 Å². The number of ketones is 2. The van der Waals surface area contributed by atoms with Gasteiger partial charge in [-0.05, 0) is 53.9 Å². The first-order valence-electron chi connectivity index (χ1n) is 14.2. The van der Waals surface area contributed by atoms with E-state index in [4.69, 9.17) is 9.47 Å². The number of benzene rings is 4. The molecule has 7 nitrogen and oxygen atoms in total. The second kappa shape index (κ2) is 9.98. The van der Waals surface area contributed by atoms with Crippen LogP contribution in [-0.2, 0) is 10.2 Å². The Morgan fingerprint density at radius 1 is 0.860 bits per heavy atom. The summed E-state index contributed by atoms with van der Waals surface area (Å²) in [4.78, 5) is 46.5. The Bertz CT molecular complexity index is 1830. The van der Waals surface area contributed by atoms with Crippen molar-refractivity contribution in [3.8, 4) is 11.5 Å². The van der Waals surface area contributed by atoms with Gasteiger partial charge in [0, 0.05) is 16.9 Å². The molecule has 1 N–H and O–H groups in total. The van der Waals surface area contributed by atoms with Gasteiger partial charge in [-0.25, -0.2) is 0 Å². The van der Waals surface area contributed by atoms with Gasteiger partial charge in [0.2, 0.25) is 5.91 Å². The monoisotopic (exact) mass is 570 g/mol. The number of methoxy groups -OCH3 is 2. The predicted molar refractivity (Wildman–Crippen MR) is 165 cm³/mol. The molecule has 0 radical (unpaired) electrons. The number of carbonyl (C=O) groups is 3. The molecule has 214 valence electrons. The Morgan fingerprint density at radius 2 is 1.63 bits per heavy atom. The number of para-hydroxylation sites is 1. The summed E-state index contributed by atoms with van der Waals surface area (Å²) in [6, 6.07) is 25.9. The molecule has 0 aliphatic carbocycles. The molecule has 0 saturated carbocycles. The summed E-state index contributed by atoms with van der Waals surface area (Å²) in [6.45, 7) is 1.99. The van der Waals surface area contributed by atoms with Crippen LogP contribution in [0.3, 0.4) is 0 Å². The lowest BCUT2D eigenvalue weighted by molar-refractivity contribution is -0.121. The second-order valence-corrected chi connectivity index (χ2v) is 11.2. The minimum atomic E-state index is -1.41. The quantitative estimate of drug-likeness (QED) is 0.292. The number of hydrogen-bond acceptors (Lipinski definition) is 6. The van der Waals surface area contributed by atoms with Crippen LogP contribution in [0.4, 0.5) is 11.4 Å². The lowest BCUT2D eigenvalue weighted by Gasteiger charge is -2.37. The van der Waals surface area contributed by atoms with Gasteiger partial charge >= 0.3 is 0 Å². The lowest BCUT2D eigenvalue weighted by atomic mass is 9.64. The van der Waals surface area contributed by atoms with Crippen molar-refractivity contribution >= 4 is 34.9 Å². The number of aryl methyl sites for hydroxylation is 1. The zero-order chi connectivity index (χ0) is 29.9. The van der Waals surface area contributed by atoms with Gasteiger partial charge in [0.1, 0.15) is 23.0 Å². The molecular formula is C36H30N2O5. The number of ether oxygens (including phenoxy) is 2. The highest BCUT2D eigenvalue weighted by molar-refractivity contribution is 6.19. The molecule has 7 rings (SSSR count). The number of anilines is 2. The van der Waals surface area contributed by atoms with Gasteiger partial charge in [0.05, 0.1) is 31.7 Å². The predicted octanol–water partition coefficient (Wildman–Crippen LogP) is 5.87. The second-order valence-electron chi connectivity index (χ2n) is 11.2. The van der Waals surface area contributed by atoms with Crippen LogP contribution in [0.5, 0.6) is 11.5 Å². The number of nitrogens with one attached hydrogen (secondary N) is 1. The molecule has 3 heterocycles. The summed E-state index contributed by atoms with van der Waals surface area (Å²) in [5.74, 6) is -1.21. The van der Waals surface area contributed by atoms with E-state index >= 15 is 4.79 Å². The molecule has 3 aliphatic rings. The van der Waals surface area contributed by atoms with Gasteiger partial charge in [-0.1, -0.05) is 72.8 Å². The molecular weight excluding hydrogens is 540 g/mol. The molecule has 1 saturated heterocycles. The van der Waals surface area contributed by atoms with Crippen molar-refractivity contribution in [1.29, 1.82) is 0 Å². The zero-order valence-electron chi connectivity index (χ0n) is 24.0. The summed E-state index contributed by atoms with van der Waals surface area (Å²) >= 11 is 0. The third-order valence-electron chi connectivity index (χ3n) is 9.07. The van der Waals surface area contributed by atoms with Crippen molar-refractivity contribution in [3.05, 3.63) is 125 Å². The topological polar surface area (TPSA) is 84.9 Å². The van der Waals surface area contributed by atoms with Crippen molar-refractivity contribution in [2.24, 2.45) is 5.92 Å². The van der Waals surface area contributed by atoms with Gasteiger partial charge < -0.3 is 19.7 Å². The van der Waals surface area contributed by atoms with Crippen LogP contribution in [0.2, 0.25) is 0 Å². The summed E-state index contributed by atoms with van der Waals surface area (Å²) in [5, 5.41) is 3.07. The van der Waals surface area contributed by atoms with Crippen molar-refractivity contribution in [2.75, 3.05) is 24.4 Å². The van der Waals surface area contributed by atoms with E-state index in [1.54, 1.807) is 30.3 Å². The molecule has 1 spiro atoms. The van der Waals surface area contributed by atoms with E-state index in [1.165, 1.54) is 14.2 Å². The third kappa shape index (κ3) is 3.77. The number of amides is 1. The van der Waals surface area contributed by atoms with E-state index in [-0.39, 0.29) is 23.0 Å². The summed E-state index contributed by atoms with van der Waals surface area (Å²) < 4.78 is 11.1. The minimum absolute atomic E-state index is 0.234. The molecule has 0 bridgehead atoms. The minimum Gasteiger partial charge on any atom is -0.497 e. The highest BCUT2D eigenvalue weighted by atomic mass is 16.5. The van der Waals surface area contributed by atoms with Crippen molar-refractivity contribution in [2.45, 2.75) is 24.4 Å². The van der Waals surface area contributed by atoms with Crippen LogP contribution < -0.4 is 19.7 Å². The van der Waals surface area contributed by atoms with E-state index in [2.05, 4.69) is 5.32 Å². The standard InChI is InChI=1S/C36H30N2O5/c1-21-13-14-22-15-18-30-36(26-11-7-8-12-27(26)37-35(36)41)31(34(40)25-20-24(42-2)16-17-29(25)43-3)32(38(30)28(22)19-21)33(39)23-9-5-4-6-10-23/h4-20,30-32H,1-3H3,(H,37,41)/t30-,31-,32+,36+/m0/s1. The van der Waals surface area contributed by atoms with Crippen LogP contribution in [0.25, 0.3) is 6.08 Å². The SMILES string of the molecule is COc1ccc(OC)c(C(=O)[C@@H]2[C@H](C(=O)c3ccccc3)N3c4cc(C)ccc4C=C[C@H]3[C@@]23C(=O)Nc2ccccc23)c1. The van der Waals surface area contributed by atoms with Gasteiger partial charge in [0.25, 0.3) is 0 Å². The third-order valence-corrected chi connectivity index (χ3v) is 9.07.